The Morgan fingerprint density at radius 2 is 1.88 bits per heavy atom. The van der Waals surface area contributed by atoms with E-state index in [0.717, 1.165) is 27.3 Å². The summed E-state index contributed by atoms with van der Waals surface area (Å²) < 4.78 is 25.4. The Kier molecular flexibility index (Phi) is 5.69. The van der Waals surface area contributed by atoms with Gasteiger partial charge in [-0.05, 0) is 37.3 Å². The molecule has 4 aromatic rings. The molecule has 1 aliphatic rings. The van der Waals surface area contributed by atoms with Crippen LogP contribution in [-0.2, 0) is 10.0 Å². The van der Waals surface area contributed by atoms with E-state index in [1.807, 2.05) is 43.3 Å². The van der Waals surface area contributed by atoms with Gasteiger partial charge in [-0.2, -0.15) is 4.31 Å². The molecule has 1 fully saturated rings. The fourth-order valence-electron chi connectivity index (χ4n) is 4.02. The van der Waals surface area contributed by atoms with Gasteiger partial charge in [0.15, 0.2) is 5.13 Å². The molecule has 4 aromatic heterocycles. The fourth-order valence-corrected chi connectivity index (χ4v) is 5.99. The molecule has 170 valence electrons. The summed E-state index contributed by atoms with van der Waals surface area (Å²) in [5.74, 6) is 0.680. The average Bonchev–Trinajstić information content (AvgIpc) is 3.20. The highest BCUT2D eigenvalue weighted by Gasteiger charge is 2.30. The Balaban J connectivity index is 1.34. The molecular weight excluding hydrogens is 458 g/mol. The number of sulfonamides is 1. The van der Waals surface area contributed by atoms with Gasteiger partial charge in [0.05, 0.1) is 11.9 Å². The summed E-state index contributed by atoms with van der Waals surface area (Å²) >= 11 is 1.47. The van der Waals surface area contributed by atoms with E-state index in [1.54, 1.807) is 22.9 Å². The number of aromatic nitrogens is 4. The van der Waals surface area contributed by atoms with E-state index < -0.39 is 10.0 Å². The van der Waals surface area contributed by atoms with Gasteiger partial charge in [-0.25, -0.2) is 23.4 Å². The Hall–Kier alpha value is -3.15. The van der Waals surface area contributed by atoms with Gasteiger partial charge in [0.1, 0.15) is 16.2 Å². The number of pyridine rings is 3. The van der Waals surface area contributed by atoms with Crippen molar-refractivity contribution in [3.63, 3.8) is 0 Å². The number of fused-ring (bicyclic) bond motifs is 1. The zero-order valence-corrected chi connectivity index (χ0v) is 19.8. The van der Waals surface area contributed by atoms with Crippen molar-refractivity contribution in [1.29, 1.82) is 0 Å². The lowest BCUT2D eigenvalue weighted by atomic mass is 10.2. The van der Waals surface area contributed by atoms with Crippen molar-refractivity contribution in [2.75, 3.05) is 36.1 Å². The number of nitrogens with zero attached hydrogens (tertiary/aromatic N) is 6. The summed E-state index contributed by atoms with van der Waals surface area (Å²) in [5.41, 5.74) is 3.70. The molecule has 0 amide bonds. The minimum atomic E-state index is -3.20. The van der Waals surface area contributed by atoms with Crippen LogP contribution in [0.5, 0.6) is 0 Å². The summed E-state index contributed by atoms with van der Waals surface area (Å²) in [6.45, 7) is 3.65. The van der Waals surface area contributed by atoms with Crippen LogP contribution in [0.2, 0.25) is 0 Å². The lowest BCUT2D eigenvalue weighted by molar-refractivity contribution is 0.309. The van der Waals surface area contributed by atoms with Gasteiger partial charge in [0.2, 0.25) is 10.0 Å². The van der Waals surface area contributed by atoms with Crippen LogP contribution in [0.3, 0.4) is 0 Å². The summed E-state index contributed by atoms with van der Waals surface area (Å²) in [4.78, 5) is 20.9. The predicted octanol–water partition coefficient (Wildman–Crippen LogP) is 3.36. The second-order valence-corrected chi connectivity index (χ2v) is 10.9. The zero-order valence-electron chi connectivity index (χ0n) is 18.2. The number of hydrogen-bond acceptors (Lipinski definition) is 9. The van der Waals surface area contributed by atoms with Crippen LogP contribution in [0.15, 0.2) is 55.0 Å². The minimum absolute atomic E-state index is 0.0942. The highest BCUT2D eigenvalue weighted by Crippen LogP contribution is 2.30. The Bertz CT molecular complexity index is 1390. The fraction of sp³-hybridized carbons (Fsp3) is 0.273. The number of rotatable bonds is 5. The average molecular weight is 482 g/mol. The maximum atomic E-state index is 11.9. The van der Waals surface area contributed by atoms with Crippen LogP contribution < -0.4 is 10.2 Å². The van der Waals surface area contributed by atoms with Gasteiger partial charge in [-0.1, -0.05) is 11.3 Å². The predicted molar refractivity (Wildman–Crippen MR) is 131 cm³/mol. The van der Waals surface area contributed by atoms with Crippen molar-refractivity contribution in [1.82, 2.24) is 24.2 Å². The molecule has 5 heterocycles. The molecule has 0 bridgehead atoms. The van der Waals surface area contributed by atoms with E-state index in [0.29, 0.717) is 30.6 Å². The van der Waals surface area contributed by atoms with Crippen LogP contribution >= 0.6 is 11.3 Å². The summed E-state index contributed by atoms with van der Waals surface area (Å²) in [6.07, 6.45) is 6.52. The molecule has 1 N–H and O–H groups in total. The first kappa shape index (κ1) is 21.7. The Morgan fingerprint density at radius 1 is 1.06 bits per heavy atom. The summed E-state index contributed by atoms with van der Waals surface area (Å²) in [6, 6.07) is 11.6. The number of thiazole rings is 1. The van der Waals surface area contributed by atoms with E-state index >= 15 is 0 Å². The number of anilines is 3. The smallest absolute Gasteiger partial charge is 0.211 e. The summed E-state index contributed by atoms with van der Waals surface area (Å²) in [7, 11) is -3.20. The van der Waals surface area contributed by atoms with Gasteiger partial charge >= 0.3 is 0 Å². The molecule has 9 nitrogen and oxygen atoms in total. The highest BCUT2D eigenvalue weighted by atomic mass is 32.2. The van der Waals surface area contributed by atoms with E-state index in [1.165, 1.54) is 17.6 Å². The van der Waals surface area contributed by atoms with Gasteiger partial charge in [-0.3, -0.25) is 4.98 Å². The molecule has 0 spiro atoms. The lowest BCUT2D eigenvalue weighted by Crippen LogP contribution is -2.53. The zero-order chi connectivity index (χ0) is 23.0. The van der Waals surface area contributed by atoms with Gasteiger partial charge in [-0.15, -0.1) is 0 Å². The molecule has 1 saturated heterocycles. The SMILES string of the molecule is CC1CN(c2ccnc(Nc3nc4ccc(-c5ccncc5)nc4s3)c2)CCN1S(C)(=O)=O. The van der Waals surface area contributed by atoms with E-state index in [9.17, 15) is 8.42 Å². The maximum absolute atomic E-state index is 11.9. The molecular formula is C22H23N7O2S2. The van der Waals surface area contributed by atoms with Crippen molar-refractivity contribution < 1.29 is 8.42 Å². The van der Waals surface area contributed by atoms with Crippen LogP contribution in [0.1, 0.15) is 6.92 Å². The van der Waals surface area contributed by atoms with Crippen molar-refractivity contribution in [3.05, 3.63) is 55.0 Å². The van der Waals surface area contributed by atoms with Gasteiger partial charge in [0, 0.05) is 61.6 Å². The highest BCUT2D eigenvalue weighted by molar-refractivity contribution is 7.88. The van der Waals surface area contributed by atoms with E-state index in [4.69, 9.17) is 4.98 Å². The molecule has 0 aromatic carbocycles. The molecule has 11 heteroatoms. The molecule has 0 radical (unpaired) electrons. The lowest BCUT2D eigenvalue weighted by Gasteiger charge is -2.39. The monoisotopic (exact) mass is 481 g/mol. The van der Waals surface area contributed by atoms with Crippen molar-refractivity contribution in [2.24, 2.45) is 0 Å². The third-order valence-electron chi connectivity index (χ3n) is 5.57. The molecule has 0 saturated carbocycles. The first-order valence-corrected chi connectivity index (χ1v) is 13.2. The van der Waals surface area contributed by atoms with Gasteiger partial charge < -0.3 is 10.2 Å². The molecule has 33 heavy (non-hydrogen) atoms. The third-order valence-corrected chi connectivity index (χ3v) is 7.84. The first-order valence-electron chi connectivity index (χ1n) is 10.5. The van der Waals surface area contributed by atoms with E-state index in [2.05, 4.69) is 25.2 Å². The number of hydrogen-bond donors (Lipinski definition) is 1. The quantitative estimate of drug-likeness (QED) is 0.463. The largest absolute Gasteiger partial charge is 0.368 e. The number of nitrogens with one attached hydrogen (secondary N) is 1. The second-order valence-electron chi connectivity index (χ2n) is 7.97. The van der Waals surface area contributed by atoms with Gasteiger partial charge in [0.25, 0.3) is 0 Å². The van der Waals surface area contributed by atoms with Crippen molar-refractivity contribution in [3.8, 4) is 11.3 Å². The first-order chi connectivity index (χ1) is 15.9. The van der Waals surface area contributed by atoms with Crippen molar-refractivity contribution >= 4 is 48.3 Å². The minimum Gasteiger partial charge on any atom is -0.368 e. The Morgan fingerprint density at radius 3 is 2.64 bits per heavy atom. The normalized spacial score (nSPS) is 17.4. The molecule has 5 rings (SSSR count). The standard InChI is InChI=1S/C22H23N7O2S2/c1-15-14-28(11-12-29(15)33(2,30)31)17-7-10-24-20(13-17)27-22-26-19-4-3-18(25-21(19)32-22)16-5-8-23-9-6-16/h3-10,13,15H,11-12,14H2,1-2H3,(H,24,26,27). The van der Waals surface area contributed by atoms with E-state index in [-0.39, 0.29) is 6.04 Å². The molecule has 1 unspecified atom stereocenters. The number of piperazine rings is 1. The van der Waals surface area contributed by atoms with Crippen LogP contribution in [-0.4, -0.2) is 64.6 Å². The second kappa shape index (κ2) is 8.65. The van der Waals surface area contributed by atoms with Crippen LogP contribution in [0, 0.1) is 0 Å². The molecule has 1 atom stereocenters. The third kappa shape index (κ3) is 4.65. The maximum Gasteiger partial charge on any atom is 0.211 e. The molecule has 1 aliphatic heterocycles. The molecule has 0 aliphatic carbocycles. The van der Waals surface area contributed by atoms with Crippen molar-refractivity contribution in [2.45, 2.75) is 13.0 Å². The summed E-state index contributed by atoms with van der Waals surface area (Å²) in [5, 5.41) is 4.00. The van der Waals surface area contributed by atoms with Crippen LogP contribution in [0.4, 0.5) is 16.6 Å². The topological polar surface area (TPSA) is 104 Å². The Labute approximate surface area is 196 Å². The van der Waals surface area contributed by atoms with Crippen LogP contribution in [0.25, 0.3) is 21.6 Å².